The SMILES string of the molecule is CC1CN(C(=O)CN2CCNCC2)CC(C)(C)O1. The van der Waals surface area contributed by atoms with E-state index in [2.05, 4.69) is 10.2 Å². The lowest BCUT2D eigenvalue weighted by molar-refractivity contribution is -0.159. The molecule has 5 heteroatoms. The van der Waals surface area contributed by atoms with Gasteiger partial charge in [0.2, 0.25) is 5.91 Å². The summed E-state index contributed by atoms with van der Waals surface area (Å²) in [5.74, 6) is 0.236. The Balaban J connectivity index is 1.87. The van der Waals surface area contributed by atoms with E-state index in [4.69, 9.17) is 4.74 Å². The Morgan fingerprint density at radius 3 is 2.67 bits per heavy atom. The third-order valence-electron chi connectivity index (χ3n) is 3.49. The predicted octanol–water partition coefficient (Wildman–Crippen LogP) is -0.0825. The Morgan fingerprint density at radius 1 is 1.39 bits per heavy atom. The molecule has 0 radical (unpaired) electrons. The highest BCUT2D eigenvalue weighted by Crippen LogP contribution is 2.20. The van der Waals surface area contributed by atoms with Gasteiger partial charge in [0, 0.05) is 39.3 Å². The third kappa shape index (κ3) is 3.67. The maximum atomic E-state index is 12.3. The van der Waals surface area contributed by atoms with Crippen LogP contribution in [0.4, 0.5) is 0 Å². The number of carbonyl (C=O) groups is 1. The largest absolute Gasteiger partial charge is 0.369 e. The van der Waals surface area contributed by atoms with Crippen LogP contribution in [0, 0.1) is 0 Å². The molecule has 2 rings (SSSR count). The summed E-state index contributed by atoms with van der Waals surface area (Å²) in [7, 11) is 0. The number of morpholine rings is 1. The fourth-order valence-corrected chi connectivity index (χ4v) is 2.80. The van der Waals surface area contributed by atoms with Crippen LogP contribution in [0.25, 0.3) is 0 Å². The summed E-state index contributed by atoms with van der Waals surface area (Å²) in [5, 5.41) is 3.30. The highest BCUT2D eigenvalue weighted by Gasteiger charge is 2.34. The smallest absolute Gasteiger partial charge is 0.236 e. The van der Waals surface area contributed by atoms with Crippen molar-refractivity contribution in [2.75, 3.05) is 45.8 Å². The zero-order valence-corrected chi connectivity index (χ0v) is 11.7. The summed E-state index contributed by atoms with van der Waals surface area (Å²) >= 11 is 0. The van der Waals surface area contributed by atoms with Gasteiger partial charge in [0.05, 0.1) is 18.2 Å². The molecule has 1 unspecified atom stereocenters. The van der Waals surface area contributed by atoms with Crippen molar-refractivity contribution in [3.05, 3.63) is 0 Å². The Kier molecular flexibility index (Phi) is 4.25. The zero-order chi connectivity index (χ0) is 13.2. The lowest BCUT2D eigenvalue weighted by Gasteiger charge is -2.42. The van der Waals surface area contributed by atoms with Crippen LogP contribution in [0.5, 0.6) is 0 Å². The van der Waals surface area contributed by atoms with Crippen LogP contribution in [-0.4, -0.2) is 73.2 Å². The van der Waals surface area contributed by atoms with Crippen molar-refractivity contribution in [2.24, 2.45) is 0 Å². The molecule has 0 aliphatic carbocycles. The van der Waals surface area contributed by atoms with Gasteiger partial charge in [-0.15, -0.1) is 0 Å². The summed E-state index contributed by atoms with van der Waals surface area (Å²) < 4.78 is 5.83. The van der Waals surface area contributed by atoms with Gasteiger partial charge in [0.1, 0.15) is 0 Å². The average molecular weight is 255 g/mol. The van der Waals surface area contributed by atoms with Crippen LogP contribution in [-0.2, 0) is 9.53 Å². The van der Waals surface area contributed by atoms with Crippen molar-refractivity contribution in [1.29, 1.82) is 0 Å². The number of piperazine rings is 1. The molecule has 1 atom stereocenters. The number of ether oxygens (including phenoxy) is 1. The molecule has 18 heavy (non-hydrogen) atoms. The lowest BCUT2D eigenvalue weighted by atomic mass is 10.1. The van der Waals surface area contributed by atoms with Gasteiger partial charge in [-0.05, 0) is 20.8 Å². The van der Waals surface area contributed by atoms with Crippen molar-refractivity contribution in [3.8, 4) is 0 Å². The van der Waals surface area contributed by atoms with Gasteiger partial charge in [-0.25, -0.2) is 0 Å². The number of nitrogens with one attached hydrogen (secondary N) is 1. The monoisotopic (exact) mass is 255 g/mol. The maximum Gasteiger partial charge on any atom is 0.236 e. The van der Waals surface area contributed by atoms with E-state index in [-0.39, 0.29) is 17.6 Å². The van der Waals surface area contributed by atoms with Gasteiger partial charge in [0.25, 0.3) is 0 Å². The number of hydrogen-bond donors (Lipinski definition) is 1. The zero-order valence-electron chi connectivity index (χ0n) is 11.7. The molecule has 1 amide bonds. The molecule has 2 heterocycles. The first kappa shape index (κ1) is 13.8. The van der Waals surface area contributed by atoms with E-state index in [1.165, 1.54) is 0 Å². The molecule has 0 aromatic rings. The normalized spacial score (nSPS) is 29.3. The van der Waals surface area contributed by atoms with Crippen LogP contribution in [0.3, 0.4) is 0 Å². The van der Waals surface area contributed by atoms with Gasteiger partial charge in [-0.1, -0.05) is 0 Å². The molecule has 0 bridgehead atoms. The Labute approximate surface area is 109 Å². The first-order chi connectivity index (χ1) is 8.46. The lowest BCUT2D eigenvalue weighted by Crippen LogP contribution is -2.56. The van der Waals surface area contributed by atoms with Crippen LogP contribution in [0.1, 0.15) is 20.8 Å². The maximum absolute atomic E-state index is 12.3. The predicted molar refractivity (Wildman–Crippen MR) is 70.5 cm³/mol. The quantitative estimate of drug-likeness (QED) is 0.749. The van der Waals surface area contributed by atoms with Gasteiger partial charge in [0.15, 0.2) is 0 Å². The van der Waals surface area contributed by atoms with E-state index in [0.29, 0.717) is 19.6 Å². The molecular weight excluding hydrogens is 230 g/mol. The molecule has 0 spiro atoms. The second kappa shape index (κ2) is 5.55. The standard InChI is InChI=1S/C13H25N3O2/c1-11-8-16(10-13(2,3)18-11)12(17)9-15-6-4-14-5-7-15/h11,14H,4-10H2,1-3H3. The minimum Gasteiger partial charge on any atom is -0.369 e. The molecule has 0 aromatic carbocycles. The van der Waals surface area contributed by atoms with Crippen LogP contribution < -0.4 is 5.32 Å². The number of nitrogens with zero attached hydrogens (tertiary/aromatic N) is 2. The molecule has 0 saturated carbocycles. The summed E-state index contributed by atoms with van der Waals surface area (Å²) in [6.07, 6.45) is 0.126. The topological polar surface area (TPSA) is 44.8 Å². The van der Waals surface area contributed by atoms with Crippen molar-refractivity contribution >= 4 is 5.91 Å². The summed E-state index contributed by atoms with van der Waals surface area (Å²) in [6.45, 7) is 12.0. The molecule has 2 aliphatic heterocycles. The highest BCUT2D eigenvalue weighted by atomic mass is 16.5. The van der Waals surface area contributed by atoms with E-state index < -0.39 is 0 Å². The van der Waals surface area contributed by atoms with Crippen molar-refractivity contribution in [3.63, 3.8) is 0 Å². The van der Waals surface area contributed by atoms with Crippen molar-refractivity contribution < 1.29 is 9.53 Å². The summed E-state index contributed by atoms with van der Waals surface area (Å²) in [6, 6.07) is 0. The average Bonchev–Trinajstić information content (AvgIpc) is 2.27. The molecule has 5 nitrogen and oxygen atoms in total. The van der Waals surface area contributed by atoms with Gasteiger partial charge in [-0.3, -0.25) is 9.69 Å². The summed E-state index contributed by atoms with van der Waals surface area (Å²) in [4.78, 5) is 16.5. The van der Waals surface area contributed by atoms with E-state index in [1.54, 1.807) is 0 Å². The van der Waals surface area contributed by atoms with E-state index >= 15 is 0 Å². The van der Waals surface area contributed by atoms with Gasteiger partial charge < -0.3 is 15.0 Å². The molecule has 1 N–H and O–H groups in total. The van der Waals surface area contributed by atoms with Crippen molar-refractivity contribution in [2.45, 2.75) is 32.5 Å². The minimum absolute atomic E-state index is 0.126. The number of rotatable bonds is 2. The minimum atomic E-state index is -0.225. The van der Waals surface area contributed by atoms with E-state index in [0.717, 1.165) is 26.2 Å². The fourth-order valence-electron chi connectivity index (χ4n) is 2.80. The number of amides is 1. The first-order valence-corrected chi connectivity index (χ1v) is 6.85. The molecular formula is C13H25N3O2. The van der Waals surface area contributed by atoms with Crippen LogP contribution in [0.2, 0.25) is 0 Å². The molecule has 2 fully saturated rings. The fraction of sp³-hybridized carbons (Fsp3) is 0.923. The van der Waals surface area contributed by atoms with Crippen LogP contribution >= 0.6 is 0 Å². The molecule has 104 valence electrons. The van der Waals surface area contributed by atoms with E-state index in [1.807, 2.05) is 25.7 Å². The van der Waals surface area contributed by atoms with Gasteiger partial charge in [-0.2, -0.15) is 0 Å². The van der Waals surface area contributed by atoms with Gasteiger partial charge >= 0.3 is 0 Å². The Morgan fingerprint density at radius 2 is 2.06 bits per heavy atom. The van der Waals surface area contributed by atoms with Crippen LogP contribution in [0.15, 0.2) is 0 Å². The van der Waals surface area contributed by atoms with E-state index in [9.17, 15) is 4.79 Å². The second-order valence-corrected chi connectivity index (χ2v) is 5.99. The molecule has 0 aromatic heterocycles. The third-order valence-corrected chi connectivity index (χ3v) is 3.49. The Bertz CT molecular complexity index is 301. The molecule has 2 aliphatic rings. The Hall–Kier alpha value is -0.650. The first-order valence-electron chi connectivity index (χ1n) is 6.85. The summed E-state index contributed by atoms with van der Waals surface area (Å²) in [5.41, 5.74) is -0.225. The second-order valence-electron chi connectivity index (χ2n) is 5.99. The highest BCUT2D eigenvalue weighted by molar-refractivity contribution is 5.78. The molecule has 2 saturated heterocycles. The number of carbonyl (C=O) groups excluding carboxylic acids is 1. The number of hydrogen-bond acceptors (Lipinski definition) is 4. The van der Waals surface area contributed by atoms with Crippen molar-refractivity contribution in [1.82, 2.24) is 15.1 Å².